The third-order valence-electron chi connectivity index (χ3n) is 3.35. The summed E-state index contributed by atoms with van der Waals surface area (Å²) < 4.78 is 10.6. The molecule has 2 fully saturated rings. The summed E-state index contributed by atoms with van der Waals surface area (Å²) in [5.74, 6) is 2.17. The lowest BCUT2D eigenvalue weighted by molar-refractivity contribution is 0.185. The highest BCUT2D eigenvalue weighted by molar-refractivity contribution is 4.90. The maximum absolute atomic E-state index is 5.34. The van der Waals surface area contributed by atoms with Gasteiger partial charge in [0.1, 0.15) is 0 Å². The van der Waals surface area contributed by atoms with Crippen LogP contribution in [0.1, 0.15) is 31.0 Å². The molecule has 5 nitrogen and oxygen atoms in total. The molecule has 5 heteroatoms. The molecule has 2 heterocycles. The lowest BCUT2D eigenvalue weighted by atomic mass is 10.1. The first-order valence-corrected chi connectivity index (χ1v) is 6.53. The minimum absolute atomic E-state index is 0.574. The Labute approximate surface area is 101 Å². The molecule has 1 saturated carbocycles. The highest BCUT2D eigenvalue weighted by Crippen LogP contribution is 2.18. The number of ether oxygens (including phenoxy) is 1. The molecule has 94 valence electrons. The number of hydrogen-bond acceptors (Lipinski definition) is 5. The molecular formula is C12H19N3O2. The minimum Gasteiger partial charge on any atom is -0.381 e. The van der Waals surface area contributed by atoms with E-state index in [9.17, 15) is 0 Å². The van der Waals surface area contributed by atoms with Crippen LogP contribution in [0.25, 0.3) is 0 Å². The molecule has 17 heavy (non-hydrogen) atoms. The first kappa shape index (κ1) is 11.2. The van der Waals surface area contributed by atoms with E-state index in [1.165, 1.54) is 12.8 Å². The van der Waals surface area contributed by atoms with Crippen molar-refractivity contribution in [1.82, 2.24) is 15.5 Å². The summed E-state index contributed by atoms with van der Waals surface area (Å²) in [7, 11) is 0. The summed E-state index contributed by atoms with van der Waals surface area (Å²) in [5.41, 5.74) is 0. The Kier molecular flexibility index (Phi) is 3.38. The van der Waals surface area contributed by atoms with E-state index < -0.39 is 0 Å². The summed E-state index contributed by atoms with van der Waals surface area (Å²) in [6.07, 6.45) is 5.48. The second-order valence-electron chi connectivity index (χ2n) is 5.02. The Morgan fingerprint density at radius 3 is 3.00 bits per heavy atom. The fourth-order valence-electron chi connectivity index (χ4n) is 2.15. The van der Waals surface area contributed by atoms with E-state index in [1.807, 2.05) is 0 Å². The molecular weight excluding hydrogens is 218 g/mol. The van der Waals surface area contributed by atoms with Gasteiger partial charge in [-0.05, 0) is 25.2 Å². The van der Waals surface area contributed by atoms with Crippen molar-refractivity contribution < 1.29 is 9.26 Å². The lowest BCUT2D eigenvalue weighted by Crippen LogP contribution is -2.19. The Balaban J connectivity index is 1.43. The van der Waals surface area contributed by atoms with Gasteiger partial charge in [0.25, 0.3) is 0 Å². The quantitative estimate of drug-likeness (QED) is 0.798. The Morgan fingerprint density at radius 1 is 1.29 bits per heavy atom. The van der Waals surface area contributed by atoms with E-state index >= 15 is 0 Å². The summed E-state index contributed by atoms with van der Waals surface area (Å²) in [6.45, 7) is 2.66. The van der Waals surface area contributed by atoms with Gasteiger partial charge >= 0.3 is 0 Å². The topological polar surface area (TPSA) is 60.2 Å². The predicted octanol–water partition coefficient (Wildman–Crippen LogP) is 0.943. The van der Waals surface area contributed by atoms with Crippen LogP contribution in [0.3, 0.4) is 0 Å². The highest BCUT2D eigenvalue weighted by atomic mass is 16.5. The van der Waals surface area contributed by atoms with Crippen LogP contribution in [-0.4, -0.2) is 35.9 Å². The SMILES string of the molecule is C(Cc1nc(CC2CCOC2)no1)NC1CC1. The molecule has 0 bridgehead atoms. The largest absolute Gasteiger partial charge is 0.381 e. The summed E-state index contributed by atoms with van der Waals surface area (Å²) in [6, 6.07) is 0.744. The molecule has 0 radical (unpaired) electrons. The van der Waals surface area contributed by atoms with E-state index in [0.717, 1.165) is 56.8 Å². The Morgan fingerprint density at radius 2 is 2.24 bits per heavy atom. The van der Waals surface area contributed by atoms with Crippen LogP contribution in [0, 0.1) is 5.92 Å². The van der Waals surface area contributed by atoms with Gasteiger partial charge in [0.15, 0.2) is 5.82 Å². The van der Waals surface area contributed by atoms with Gasteiger partial charge in [-0.25, -0.2) is 0 Å². The second-order valence-corrected chi connectivity index (χ2v) is 5.02. The zero-order valence-electron chi connectivity index (χ0n) is 10.0. The molecule has 0 amide bonds. The molecule has 1 atom stereocenters. The van der Waals surface area contributed by atoms with Gasteiger partial charge in [-0.3, -0.25) is 0 Å². The molecule has 0 spiro atoms. The van der Waals surface area contributed by atoms with Crippen LogP contribution >= 0.6 is 0 Å². The Bertz CT molecular complexity index is 356. The van der Waals surface area contributed by atoms with Crippen LogP contribution in [-0.2, 0) is 17.6 Å². The number of aromatic nitrogens is 2. The van der Waals surface area contributed by atoms with E-state index in [4.69, 9.17) is 9.26 Å². The molecule has 3 rings (SSSR count). The standard InChI is InChI=1S/C12H19N3O2/c1-2-10(1)13-5-3-12-14-11(15-17-12)7-9-4-6-16-8-9/h9-10,13H,1-8H2. The van der Waals surface area contributed by atoms with Crippen LogP contribution in [0.4, 0.5) is 0 Å². The zero-order valence-corrected chi connectivity index (χ0v) is 10.0. The van der Waals surface area contributed by atoms with Crippen LogP contribution in [0.15, 0.2) is 4.52 Å². The van der Waals surface area contributed by atoms with E-state index in [0.29, 0.717) is 5.92 Å². The highest BCUT2D eigenvalue weighted by Gasteiger charge is 2.21. The zero-order chi connectivity index (χ0) is 11.5. The first-order valence-electron chi connectivity index (χ1n) is 6.53. The molecule has 1 aliphatic heterocycles. The molecule has 1 aromatic heterocycles. The minimum atomic E-state index is 0.574. The molecule has 1 aromatic rings. The maximum Gasteiger partial charge on any atom is 0.227 e. The van der Waals surface area contributed by atoms with Crippen LogP contribution < -0.4 is 5.32 Å². The fourth-order valence-corrected chi connectivity index (χ4v) is 2.15. The summed E-state index contributed by atoms with van der Waals surface area (Å²) in [4.78, 5) is 4.42. The van der Waals surface area contributed by atoms with Crippen molar-refractivity contribution in [3.8, 4) is 0 Å². The van der Waals surface area contributed by atoms with Crippen molar-refractivity contribution in [3.63, 3.8) is 0 Å². The smallest absolute Gasteiger partial charge is 0.227 e. The second kappa shape index (κ2) is 5.14. The first-order chi connectivity index (χ1) is 8.40. The van der Waals surface area contributed by atoms with Crippen molar-refractivity contribution in [2.45, 2.75) is 38.1 Å². The molecule has 1 unspecified atom stereocenters. The predicted molar refractivity (Wildman–Crippen MR) is 61.7 cm³/mol. The van der Waals surface area contributed by atoms with Crippen molar-refractivity contribution in [3.05, 3.63) is 11.7 Å². The molecule has 1 aliphatic carbocycles. The number of nitrogens with zero attached hydrogens (tertiary/aromatic N) is 2. The normalized spacial score (nSPS) is 24.4. The third kappa shape index (κ3) is 3.26. The summed E-state index contributed by atoms with van der Waals surface area (Å²) in [5, 5.41) is 7.46. The van der Waals surface area contributed by atoms with Crippen LogP contribution in [0.2, 0.25) is 0 Å². The van der Waals surface area contributed by atoms with Crippen molar-refractivity contribution in [2.75, 3.05) is 19.8 Å². The van der Waals surface area contributed by atoms with Gasteiger partial charge in [0.2, 0.25) is 5.89 Å². The van der Waals surface area contributed by atoms with Gasteiger partial charge in [0.05, 0.1) is 0 Å². The summed E-state index contributed by atoms with van der Waals surface area (Å²) >= 11 is 0. The average molecular weight is 237 g/mol. The molecule has 1 saturated heterocycles. The average Bonchev–Trinajstić information content (AvgIpc) is 2.83. The van der Waals surface area contributed by atoms with E-state index in [2.05, 4.69) is 15.5 Å². The van der Waals surface area contributed by atoms with Gasteiger partial charge in [-0.1, -0.05) is 5.16 Å². The lowest BCUT2D eigenvalue weighted by Gasteiger charge is -2.01. The van der Waals surface area contributed by atoms with Gasteiger partial charge in [-0.2, -0.15) is 4.98 Å². The fraction of sp³-hybridized carbons (Fsp3) is 0.833. The number of nitrogens with one attached hydrogen (secondary N) is 1. The Hall–Kier alpha value is -0.940. The maximum atomic E-state index is 5.34. The molecule has 1 N–H and O–H groups in total. The van der Waals surface area contributed by atoms with Crippen LogP contribution in [0.5, 0.6) is 0 Å². The third-order valence-corrected chi connectivity index (χ3v) is 3.35. The molecule has 2 aliphatic rings. The number of rotatable bonds is 6. The monoisotopic (exact) mass is 237 g/mol. The van der Waals surface area contributed by atoms with E-state index in [1.54, 1.807) is 0 Å². The van der Waals surface area contributed by atoms with Crippen molar-refractivity contribution in [2.24, 2.45) is 5.92 Å². The van der Waals surface area contributed by atoms with Crippen molar-refractivity contribution in [1.29, 1.82) is 0 Å². The van der Waals surface area contributed by atoms with E-state index in [-0.39, 0.29) is 0 Å². The number of hydrogen-bond donors (Lipinski definition) is 1. The molecule has 0 aromatic carbocycles. The van der Waals surface area contributed by atoms with Gasteiger partial charge < -0.3 is 14.6 Å². The van der Waals surface area contributed by atoms with Crippen molar-refractivity contribution >= 4 is 0 Å². The van der Waals surface area contributed by atoms with Gasteiger partial charge in [-0.15, -0.1) is 0 Å². The van der Waals surface area contributed by atoms with Gasteiger partial charge in [0, 0.05) is 38.6 Å².